The van der Waals surface area contributed by atoms with Crippen LogP contribution in [-0.2, 0) is 20.9 Å². The molecule has 3 N–H and O–H groups in total. The molecule has 2 aromatic rings. The average Bonchev–Trinajstić information content (AvgIpc) is 2.69. The second-order valence-corrected chi connectivity index (χ2v) is 11.8. The van der Waals surface area contributed by atoms with Crippen molar-refractivity contribution in [2.75, 3.05) is 24.4 Å². The van der Waals surface area contributed by atoms with Crippen LogP contribution in [0.5, 0.6) is 0 Å². The number of sulfonamides is 1. The Morgan fingerprint density at radius 2 is 1.41 bits per heavy atom. The first-order valence-corrected chi connectivity index (χ1v) is 11.9. The molecule has 0 aromatic heterocycles. The van der Waals surface area contributed by atoms with E-state index in [9.17, 15) is 13.2 Å². The van der Waals surface area contributed by atoms with E-state index < -0.39 is 10.0 Å². The molecule has 32 heavy (non-hydrogen) atoms. The van der Waals surface area contributed by atoms with Crippen LogP contribution in [0.4, 0.5) is 5.69 Å². The number of benzene rings is 2. The molecule has 0 saturated carbocycles. The minimum absolute atomic E-state index is 0. The van der Waals surface area contributed by atoms with Crippen LogP contribution in [-0.4, -0.2) is 34.5 Å². The lowest BCUT2D eigenvalue weighted by Crippen LogP contribution is -2.29. The van der Waals surface area contributed by atoms with Gasteiger partial charge in [0.05, 0.1) is 10.6 Å². The number of rotatable bonds is 6. The summed E-state index contributed by atoms with van der Waals surface area (Å²) in [5.74, 6) is -0.241. The van der Waals surface area contributed by atoms with E-state index in [2.05, 4.69) is 52.9 Å². The number of carbonyl (C=O) groups is 1. The fourth-order valence-electron chi connectivity index (χ4n) is 3.02. The molecule has 2 rings (SSSR count). The van der Waals surface area contributed by atoms with Crippen LogP contribution in [0, 0.1) is 0 Å². The van der Waals surface area contributed by atoms with E-state index >= 15 is 0 Å². The van der Waals surface area contributed by atoms with Crippen molar-refractivity contribution in [3.05, 3.63) is 59.2 Å². The van der Waals surface area contributed by atoms with Gasteiger partial charge < -0.3 is 11.1 Å². The lowest BCUT2D eigenvalue weighted by Gasteiger charge is -2.27. The zero-order valence-electron chi connectivity index (χ0n) is 20.0. The van der Waals surface area contributed by atoms with E-state index in [1.165, 1.54) is 11.4 Å². The Morgan fingerprint density at radius 3 is 1.81 bits per heavy atom. The summed E-state index contributed by atoms with van der Waals surface area (Å²) in [5.41, 5.74) is 7.90. The minimum atomic E-state index is -3.79. The van der Waals surface area contributed by atoms with Gasteiger partial charge in [0.15, 0.2) is 0 Å². The highest BCUT2D eigenvalue weighted by Gasteiger charge is 2.27. The van der Waals surface area contributed by atoms with Crippen molar-refractivity contribution in [1.82, 2.24) is 5.32 Å². The molecule has 6 nitrogen and oxygen atoms in total. The van der Waals surface area contributed by atoms with E-state index in [1.807, 2.05) is 0 Å². The number of halogens is 1. The highest BCUT2D eigenvalue weighted by Crippen LogP contribution is 2.33. The quantitative estimate of drug-likeness (QED) is 0.646. The number of anilines is 1. The standard InChI is InChI=1S/C24H35N3O3S.ClH/c1-23(2,3)18-14-19(24(4,5)6)16-21(15-18)31(29,30)27(7)20-10-8-17(9-11-20)22(28)26-13-12-25;/h8-11,14-16H,12-13,25H2,1-7H3,(H,26,28);1H. The van der Waals surface area contributed by atoms with Gasteiger partial charge in [-0.3, -0.25) is 9.10 Å². The predicted octanol–water partition coefficient (Wildman–Crippen LogP) is 4.22. The molecular weight excluding hydrogens is 446 g/mol. The number of nitrogens with zero attached hydrogens (tertiary/aromatic N) is 1. The number of nitrogens with two attached hydrogens (primary N) is 1. The summed E-state index contributed by atoms with van der Waals surface area (Å²) in [6, 6.07) is 12.1. The summed E-state index contributed by atoms with van der Waals surface area (Å²) < 4.78 is 28.2. The number of carbonyl (C=O) groups excluding carboxylic acids is 1. The Labute approximate surface area is 199 Å². The Kier molecular flexibility index (Phi) is 8.94. The second kappa shape index (κ2) is 10.2. The fourth-order valence-corrected chi connectivity index (χ4v) is 4.29. The lowest BCUT2D eigenvalue weighted by atomic mass is 9.81. The molecule has 0 saturated heterocycles. The van der Waals surface area contributed by atoms with E-state index in [0.717, 1.165) is 11.1 Å². The first kappa shape index (κ1) is 27.9. The molecule has 0 aliphatic rings. The van der Waals surface area contributed by atoms with E-state index in [4.69, 9.17) is 5.73 Å². The highest BCUT2D eigenvalue weighted by atomic mass is 35.5. The van der Waals surface area contributed by atoms with Crippen molar-refractivity contribution in [3.63, 3.8) is 0 Å². The van der Waals surface area contributed by atoms with Gasteiger partial charge in [0.1, 0.15) is 0 Å². The third-order valence-corrected chi connectivity index (χ3v) is 6.98. The van der Waals surface area contributed by atoms with Crippen LogP contribution < -0.4 is 15.4 Å². The zero-order chi connectivity index (χ0) is 23.6. The van der Waals surface area contributed by atoms with Crippen molar-refractivity contribution in [2.45, 2.75) is 57.3 Å². The third-order valence-electron chi connectivity index (χ3n) is 5.22. The topological polar surface area (TPSA) is 92.5 Å². The lowest BCUT2D eigenvalue weighted by molar-refractivity contribution is 0.0954. The van der Waals surface area contributed by atoms with Crippen LogP contribution in [0.1, 0.15) is 63.0 Å². The molecule has 0 atom stereocenters. The molecule has 0 unspecified atom stereocenters. The number of amides is 1. The fraction of sp³-hybridized carbons (Fsp3) is 0.458. The monoisotopic (exact) mass is 481 g/mol. The van der Waals surface area contributed by atoms with Crippen LogP contribution in [0.15, 0.2) is 47.4 Å². The molecule has 2 aromatic carbocycles. The van der Waals surface area contributed by atoms with Crippen molar-refractivity contribution in [1.29, 1.82) is 0 Å². The van der Waals surface area contributed by atoms with Gasteiger partial charge in [-0.1, -0.05) is 47.6 Å². The smallest absolute Gasteiger partial charge is 0.264 e. The summed E-state index contributed by atoms with van der Waals surface area (Å²) in [5, 5.41) is 2.70. The number of hydrogen-bond acceptors (Lipinski definition) is 4. The molecule has 0 spiro atoms. The SMILES string of the molecule is CN(c1ccc(C(=O)NCCN)cc1)S(=O)(=O)c1cc(C(C)(C)C)cc(C(C)(C)C)c1.Cl. The molecule has 1 amide bonds. The van der Waals surface area contributed by atoms with Crippen LogP contribution >= 0.6 is 12.4 Å². The maximum atomic E-state index is 13.5. The van der Waals surface area contributed by atoms with E-state index in [-0.39, 0.29) is 34.0 Å². The largest absolute Gasteiger partial charge is 0.351 e. The van der Waals surface area contributed by atoms with Gasteiger partial charge >= 0.3 is 0 Å². The Bertz CT molecular complexity index is 1010. The molecule has 0 heterocycles. The van der Waals surface area contributed by atoms with Crippen LogP contribution in [0.25, 0.3) is 0 Å². The highest BCUT2D eigenvalue weighted by molar-refractivity contribution is 7.92. The number of nitrogens with one attached hydrogen (secondary N) is 1. The summed E-state index contributed by atoms with van der Waals surface area (Å²) >= 11 is 0. The molecular formula is C24H36ClN3O3S. The Hall–Kier alpha value is -2.09. The van der Waals surface area contributed by atoms with Crippen molar-refractivity contribution >= 4 is 34.0 Å². The van der Waals surface area contributed by atoms with Gasteiger partial charge in [0, 0.05) is 25.7 Å². The summed E-state index contributed by atoms with van der Waals surface area (Å²) in [4.78, 5) is 12.3. The summed E-state index contributed by atoms with van der Waals surface area (Å²) in [6.07, 6.45) is 0. The van der Waals surface area contributed by atoms with Crippen LogP contribution in [0.3, 0.4) is 0 Å². The van der Waals surface area contributed by atoms with E-state index in [0.29, 0.717) is 24.3 Å². The van der Waals surface area contributed by atoms with Gasteiger partial charge in [-0.2, -0.15) is 0 Å². The Balaban J connectivity index is 0.00000512. The molecule has 8 heteroatoms. The predicted molar refractivity (Wildman–Crippen MR) is 135 cm³/mol. The van der Waals surface area contributed by atoms with Gasteiger partial charge in [-0.15, -0.1) is 12.4 Å². The molecule has 178 valence electrons. The minimum Gasteiger partial charge on any atom is -0.351 e. The molecule has 0 bridgehead atoms. The van der Waals surface area contributed by atoms with Crippen LogP contribution in [0.2, 0.25) is 0 Å². The van der Waals surface area contributed by atoms with Gasteiger partial charge in [-0.05, 0) is 58.4 Å². The average molecular weight is 482 g/mol. The van der Waals surface area contributed by atoms with Crippen molar-refractivity contribution in [2.24, 2.45) is 5.73 Å². The molecule has 0 fully saturated rings. The van der Waals surface area contributed by atoms with Crippen molar-refractivity contribution < 1.29 is 13.2 Å². The summed E-state index contributed by atoms with van der Waals surface area (Å²) in [7, 11) is -2.26. The van der Waals surface area contributed by atoms with Gasteiger partial charge in [0.25, 0.3) is 15.9 Å². The Morgan fingerprint density at radius 1 is 0.938 bits per heavy atom. The van der Waals surface area contributed by atoms with Crippen molar-refractivity contribution in [3.8, 4) is 0 Å². The second-order valence-electron chi connectivity index (χ2n) is 9.81. The zero-order valence-corrected chi connectivity index (χ0v) is 21.7. The summed E-state index contributed by atoms with van der Waals surface area (Å²) in [6.45, 7) is 13.2. The molecule has 0 aliphatic carbocycles. The third kappa shape index (κ3) is 6.47. The maximum Gasteiger partial charge on any atom is 0.264 e. The number of hydrogen-bond donors (Lipinski definition) is 2. The van der Waals surface area contributed by atoms with Gasteiger partial charge in [0.2, 0.25) is 0 Å². The normalized spacial score (nSPS) is 12.1. The first-order valence-electron chi connectivity index (χ1n) is 10.4. The maximum absolute atomic E-state index is 13.5. The van der Waals surface area contributed by atoms with Gasteiger partial charge in [-0.25, -0.2) is 8.42 Å². The molecule has 0 aliphatic heterocycles. The van der Waals surface area contributed by atoms with E-state index in [1.54, 1.807) is 36.4 Å². The molecule has 0 radical (unpaired) electrons. The first-order chi connectivity index (χ1) is 14.2.